The first-order valence-corrected chi connectivity index (χ1v) is 7.70. The minimum atomic E-state index is -3.50. The number of hydrogen-bond donors (Lipinski definition) is 2. The van der Waals surface area contributed by atoms with E-state index < -0.39 is 10.0 Å². The third kappa shape index (κ3) is 5.47. The highest BCUT2D eigenvalue weighted by molar-refractivity contribution is 7.89. The molecule has 1 rings (SSSR count). The Morgan fingerprint density at radius 1 is 1.25 bits per heavy atom. The highest BCUT2D eigenvalue weighted by Gasteiger charge is 2.16. The first-order valence-electron chi connectivity index (χ1n) is 6.22. The number of hydrogen-bond acceptors (Lipinski definition) is 4. The maximum atomic E-state index is 12.1. The van der Waals surface area contributed by atoms with Crippen molar-refractivity contribution in [2.75, 3.05) is 19.6 Å². The second-order valence-electron chi connectivity index (χ2n) is 4.24. The third-order valence-electron chi connectivity index (χ3n) is 2.61. The quantitative estimate of drug-likeness (QED) is 0.748. The van der Waals surface area contributed by atoms with Gasteiger partial charge in [0.2, 0.25) is 10.0 Å². The van der Waals surface area contributed by atoms with Crippen molar-refractivity contribution in [1.82, 2.24) is 10.0 Å². The Labute approximate surface area is 126 Å². The summed E-state index contributed by atoms with van der Waals surface area (Å²) in [5.41, 5.74) is 1.04. The van der Waals surface area contributed by atoms with Gasteiger partial charge in [-0.3, -0.25) is 0 Å². The van der Waals surface area contributed by atoms with Crippen LogP contribution in [0.1, 0.15) is 24.5 Å². The van der Waals surface area contributed by atoms with Crippen LogP contribution in [0.15, 0.2) is 23.1 Å². The lowest BCUT2D eigenvalue weighted by Gasteiger charge is -2.09. The molecule has 20 heavy (non-hydrogen) atoms. The fraction of sp³-hybridized carbons (Fsp3) is 0.462. The van der Waals surface area contributed by atoms with E-state index in [1.165, 1.54) is 12.1 Å². The van der Waals surface area contributed by atoms with Gasteiger partial charge in [0, 0.05) is 13.1 Å². The number of halogens is 1. The van der Waals surface area contributed by atoms with Crippen LogP contribution in [0.5, 0.6) is 0 Å². The fourth-order valence-corrected chi connectivity index (χ4v) is 2.93. The average Bonchev–Trinajstić information content (AvgIpc) is 2.37. The van der Waals surface area contributed by atoms with Crippen LogP contribution in [0.4, 0.5) is 0 Å². The number of nitrogens with one attached hydrogen (secondary N) is 2. The Morgan fingerprint density at radius 3 is 2.50 bits per heavy atom. The van der Waals surface area contributed by atoms with E-state index in [9.17, 15) is 8.42 Å². The van der Waals surface area contributed by atoms with Crippen LogP contribution in [-0.2, 0) is 10.0 Å². The Balaban J connectivity index is 0.00000361. The standard InChI is InChI=1S/C13H19N3O2S.ClH/c1-3-6-15-7-8-16-19(17,18)13-5-4-12(10-14)9-11(13)2;/h4-5,9,15-16H,3,6-8H2,1-2H3;1H. The molecule has 0 aliphatic rings. The molecular formula is C13H20ClN3O2S. The zero-order chi connectivity index (χ0) is 14.3. The smallest absolute Gasteiger partial charge is 0.240 e. The van der Waals surface area contributed by atoms with E-state index in [0.717, 1.165) is 13.0 Å². The predicted molar refractivity (Wildman–Crippen MR) is 81.5 cm³/mol. The molecule has 0 fully saturated rings. The van der Waals surface area contributed by atoms with Gasteiger partial charge in [-0.05, 0) is 43.7 Å². The molecule has 5 nitrogen and oxygen atoms in total. The number of aryl methyl sites for hydroxylation is 1. The summed E-state index contributed by atoms with van der Waals surface area (Å²) < 4.78 is 26.7. The summed E-state index contributed by atoms with van der Waals surface area (Å²) in [6.45, 7) is 5.56. The molecule has 1 aromatic rings. The highest BCUT2D eigenvalue weighted by atomic mass is 35.5. The Hall–Kier alpha value is -1.13. The van der Waals surface area contributed by atoms with Gasteiger partial charge < -0.3 is 5.32 Å². The molecule has 0 atom stereocenters. The van der Waals surface area contributed by atoms with Gasteiger partial charge in [-0.25, -0.2) is 13.1 Å². The van der Waals surface area contributed by atoms with Crippen molar-refractivity contribution in [1.29, 1.82) is 5.26 Å². The molecule has 0 bridgehead atoms. The molecule has 2 N–H and O–H groups in total. The van der Waals surface area contributed by atoms with Crippen LogP contribution in [0.3, 0.4) is 0 Å². The van der Waals surface area contributed by atoms with Crippen molar-refractivity contribution in [2.45, 2.75) is 25.2 Å². The average molecular weight is 318 g/mol. The van der Waals surface area contributed by atoms with Crippen LogP contribution < -0.4 is 10.0 Å². The number of nitrogens with zero attached hydrogens (tertiary/aromatic N) is 1. The lowest BCUT2D eigenvalue weighted by molar-refractivity contribution is 0.575. The maximum Gasteiger partial charge on any atom is 0.240 e. The molecule has 0 saturated heterocycles. The maximum absolute atomic E-state index is 12.1. The summed E-state index contributed by atoms with van der Waals surface area (Å²) in [6.07, 6.45) is 1.02. The second kappa shape index (κ2) is 8.93. The van der Waals surface area contributed by atoms with E-state index in [1.54, 1.807) is 13.0 Å². The van der Waals surface area contributed by atoms with E-state index >= 15 is 0 Å². The summed E-state index contributed by atoms with van der Waals surface area (Å²) in [5.74, 6) is 0. The van der Waals surface area contributed by atoms with Gasteiger partial charge in [-0.1, -0.05) is 6.92 Å². The van der Waals surface area contributed by atoms with Gasteiger partial charge >= 0.3 is 0 Å². The lowest BCUT2D eigenvalue weighted by atomic mass is 10.2. The van der Waals surface area contributed by atoms with E-state index in [0.29, 0.717) is 24.2 Å². The molecule has 0 unspecified atom stereocenters. The first kappa shape index (κ1) is 18.9. The molecule has 0 saturated carbocycles. The van der Waals surface area contributed by atoms with Crippen molar-refractivity contribution in [3.63, 3.8) is 0 Å². The summed E-state index contributed by atoms with van der Waals surface area (Å²) in [4.78, 5) is 0.224. The van der Waals surface area contributed by atoms with Crippen LogP contribution in [0, 0.1) is 18.3 Å². The van der Waals surface area contributed by atoms with Crippen LogP contribution in [0.25, 0.3) is 0 Å². The topological polar surface area (TPSA) is 82.0 Å². The van der Waals surface area contributed by atoms with Crippen molar-refractivity contribution >= 4 is 22.4 Å². The first-order chi connectivity index (χ1) is 9.01. The molecular weight excluding hydrogens is 298 g/mol. The summed E-state index contributed by atoms with van der Waals surface area (Å²) in [6, 6.07) is 6.54. The van der Waals surface area contributed by atoms with Crippen LogP contribution in [-0.4, -0.2) is 28.1 Å². The second-order valence-corrected chi connectivity index (χ2v) is 5.98. The molecule has 112 valence electrons. The zero-order valence-electron chi connectivity index (χ0n) is 11.6. The van der Waals surface area contributed by atoms with Crippen molar-refractivity contribution in [3.8, 4) is 6.07 Å². The Morgan fingerprint density at radius 2 is 1.95 bits per heavy atom. The predicted octanol–water partition coefficient (Wildman–Crippen LogP) is 1.57. The largest absolute Gasteiger partial charge is 0.315 e. The van der Waals surface area contributed by atoms with E-state index in [-0.39, 0.29) is 17.3 Å². The van der Waals surface area contributed by atoms with Crippen molar-refractivity contribution < 1.29 is 8.42 Å². The summed E-state index contributed by atoms with van der Waals surface area (Å²) in [7, 11) is -3.50. The Bertz CT molecular complexity index is 567. The van der Waals surface area contributed by atoms with Crippen LogP contribution in [0.2, 0.25) is 0 Å². The van der Waals surface area contributed by atoms with Gasteiger partial charge in [0.25, 0.3) is 0 Å². The van der Waals surface area contributed by atoms with E-state index in [2.05, 4.69) is 17.0 Å². The number of nitriles is 1. The lowest BCUT2D eigenvalue weighted by Crippen LogP contribution is -2.32. The van der Waals surface area contributed by atoms with Crippen molar-refractivity contribution in [3.05, 3.63) is 29.3 Å². The molecule has 7 heteroatoms. The summed E-state index contributed by atoms with van der Waals surface area (Å²) in [5, 5.41) is 11.9. The van der Waals surface area contributed by atoms with E-state index in [4.69, 9.17) is 5.26 Å². The molecule has 0 radical (unpaired) electrons. The molecule has 0 heterocycles. The van der Waals surface area contributed by atoms with E-state index in [1.807, 2.05) is 6.07 Å². The molecule has 0 aliphatic carbocycles. The number of benzene rings is 1. The normalized spacial score (nSPS) is 10.7. The molecule has 0 aromatic heterocycles. The molecule has 1 aromatic carbocycles. The molecule has 0 aliphatic heterocycles. The summed E-state index contributed by atoms with van der Waals surface area (Å²) >= 11 is 0. The minimum Gasteiger partial charge on any atom is -0.315 e. The Kier molecular flexibility index (Phi) is 8.42. The third-order valence-corrected chi connectivity index (χ3v) is 4.24. The van der Waals surface area contributed by atoms with Crippen molar-refractivity contribution in [2.24, 2.45) is 0 Å². The highest BCUT2D eigenvalue weighted by Crippen LogP contribution is 2.15. The van der Waals surface area contributed by atoms with Gasteiger partial charge in [0.15, 0.2) is 0 Å². The number of rotatable bonds is 7. The SMILES string of the molecule is CCCNCCNS(=O)(=O)c1ccc(C#N)cc1C.Cl. The van der Waals surface area contributed by atoms with Gasteiger partial charge in [-0.2, -0.15) is 5.26 Å². The zero-order valence-corrected chi connectivity index (χ0v) is 13.3. The fourth-order valence-electron chi connectivity index (χ4n) is 1.67. The van der Waals surface area contributed by atoms with Gasteiger partial charge in [-0.15, -0.1) is 12.4 Å². The van der Waals surface area contributed by atoms with Gasteiger partial charge in [0.1, 0.15) is 0 Å². The monoisotopic (exact) mass is 317 g/mol. The molecule has 0 spiro atoms. The van der Waals surface area contributed by atoms with Gasteiger partial charge in [0.05, 0.1) is 16.5 Å². The number of sulfonamides is 1. The van der Waals surface area contributed by atoms with Crippen LogP contribution >= 0.6 is 12.4 Å². The minimum absolute atomic E-state index is 0. The molecule has 0 amide bonds.